The van der Waals surface area contributed by atoms with Crippen molar-refractivity contribution in [1.82, 2.24) is 5.32 Å². The van der Waals surface area contributed by atoms with E-state index in [1.54, 1.807) is 0 Å². The summed E-state index contributed by atoms with van der Waals surface area (Å²) < 4.78 is 5.34. The van der Waals surface area contributed by atoms with Crippen molar-refractivity contribution < 1.29 is 9.84 Å². The zero-order chi connectivity index (χ0) is 12.7. The zero-order valence-corrected chi connectivity index (χ0v) is 10.7. The van der Waals surface area contributed by atoms with E-state index in [0.29, 0.717) is 30.5 Å². The van der Waals surface area contributed by atoms with Gasteiger partial charge in [0.1, 0.15) is 5.75 Å². The highest BCUT2D eigenvalue weighted by atomic mass is 35.5. The molecule has 0 bridgehead atoms. The first-order chi connectivity index (χ1) is 8.17. The first-order valence-electron chi connectivity index (χ1n) is 5.67. The smallest absolute Gasteiger partial charge is 0.137 e. The van der Waals surface area contributed by atoms with E-state index in [2.05, 4.69) is 5.32 Å². The normalized spacial score (nSPS) is 12.5. The molecule has 0 heterocycles. The number of nitrogens with two attached hydrogens (primary N) is 1. The van der Waals surface area contributed by atoms with E-state index in [1.165, 1.54) is 0 Å². The summed E-state index contributed by atoms with van der Waals surface area (Å²) in [5.41, 5.74) is 6.35. The van der Waals surface area contributed by atoms with Gasteiger partial charge in [0.15, 0.2) is 0 Å². The van der Waals surface area contributed by atoms with Crippen LogP contribution in [0.25, 0.3) is 0 Å². The number of hydrogen-bond donors (Lipinski definition) is 3. The number of halogens is 1. The molecule has 1 aromatic rings. The number of ether oxygens (including phenoxy) is 1. The summed E-state index contributed by atoms with van der Waals surface area (Å²) in [4.78, 5) is 0. The Morgan fingerprint density at radius 3 is 2.88 bits per heavy atom. The fraction of sp³-hybridized carbons (Fsp3) is 0.500. The summed E-state index contributed by atoms with van der Waals surface area (Å²) >= 11 is 6.05. The van der Waals surface area contributed by atoms with Gasteiger partial charge >= 0.3 is 0 Å². The molecular weight excluding hydrogens is 240 g/mol. The SMILES string of the molecule is CCOc1ccc(CNCC(O)CN)cc1Cl. The second kappa shape index (κ2) is 7.50. The van der Waals surface area contributed by atoms with Crippen LogP contribution in [0.15, 0.2) is 18.2 Å². The lowest BCUT2D eigenvalue weighted by molar-refractivity contribution is 0.179. The molecule has 0 aliphatic carbocycles. The van der Waals surface area contributed by atoms with Crippen molar-refractivity contribution in [3.05, 3.63) is 28.8 Å². The largest absolute Gasteiger partial charge is 0.492 e. The van der Waals surface area contributed by atoms with Crippen LogP contribution < -0.4 is 15.8 Å². The van der Waals surface area contributed by atoms with Crippen LogP contribution in [0.5, 0.6) is 5.75 Å². The number of benzene rings is 1. The van der Waals surface area contributed by atoms with Gasteiger partial charge < -0.3 is 20.9 Å². The molecule has 1 rings (SSSR count). The molecule has 0 amide bonds. The maximum absolute atomic E-state index is 9.27. The molecule has 0 spiro atoms. The van der Waals surface area contributed by atoms with Gasteiger partial charge in [-0.15, -0.1) is 0 Å². The Morgan fingerprint density at radius 2 is 2.29 bits per heavy atom. The van der Waals surface area contributed by atoms with Crippen LogP contribution in [0, 0.1) is 0 Å². The molecule has 4 N–H and O–H groups in total. The fourth-order valence-electron chi connectivity index (χ4n) is 1.39. The topological polar surface area (TPSA) is 67.5 Å². The number of nitrogens with one attached hydrogen (secondary N) is 1. The molecule has 0 aliphatic rings. The molecule has 17 heavy (non-hydrogen) atoms. The van der Waals surface area contributed by atoms with E-state index < -0.39 is 6.10 Å². The van der Waals surface area contributed by atoms with Gasteiger partial charge in [0.2, 0.25) is 0 Å². The highest BCUT2D eigenvalue weighted by Crippen LogP contribution is 2.25. The second-order valence-corrected chi connectivity index (χ2v) is 4.13. The third-order valence-electron chi connectivity index (χ3n) is 2.28. The van der Waals surface area contributed by atoms with E-state index in [-0.39, 0.29) is 6.54 Å². The number of hydrogen-bond acceptors (Lipinski definition) is 4. The van der Waals surface area contributed by atoms with Crippen molar-refractivity contribution in [2.24, 2.45) is 5.73 Å². The summed E-state index contributed by atoms with van der Waals surface area (Å²) in [6.45, 7) is 3.89. The van der Waals surface area contributed by atoms with Crippen LogP contribution in [-0.2, 0) is 6.54 Å². The Labute approximate surface area is 107 Å². The minimum atomic E-state index is -0.506. The highest BCUT2D eigenvalue weighted by molar-refractivity contribution is 6.32. The van der Waals surface area contributed by atoms with Gasteiger partial charge in [0.25, 0.3) is 0 Å². The predicted molar refractivity (Wildman–Crippen MR) is 69.4 cm³/mol. The average molecular weight is 259 g/mol. The molecule has 0 fully saturated rings. The lowest BCUT2D eigenvalue weighted by atomic mass is 10.2. The van der Waals surface area contributed by atoms with Crippen LogP contribution in [0.4, 0.5) is 0 Å². The first kappa shape index (κ1) is 14.3. The van der Waals surface area contributed by atoms with E-state index in [0.717, 1.165) is 5.56 Å². The molecule has 0 saturated carbocycles. The van der Waals surface area contributed by atoms with Crippen molar-refractivity contribution in [2.45, 2.75) is 19.6 Å². The molecule has 0 aliphatic heterocycles. The molecule has 0 radical (unpaired) electrons. The quantitative estimate of drug-likeness (QED) is 0.686. The summed E-state index contributed by atoms with van der Waals surface area (Å²) in [6, 6.07) is 5.65. The van der Waals surface area contributed by atoms with E-state index in [9.17, 15) is 5.11 Å². The second-order valence-electron chi connectivity index (χ2n) is 3.72. The monoisotopic (exact) mass is 258 g/mol. The maximum Gasteiger partial charge on any atom is 0.137 e. The Kier molecular flexibility index (Phi) is 6.29. The molecule has 4 nitrogen and oxygen atoms in total. The van der Waals surface area contributed by atoms with Crippen molar-refractivity contribution in [3.8, 4) is 5.75 Å². The average Bonchev–Trinajstić information content (AvgIpc) is 2.32. The molecule has 0 aromatic heterocycles. The first-order valence-corrected chi connectivity index (χ1v) is 6.05. The van der Waals surface area contributed by atoms with Crippen molar-refractivity contribution in [1.29, 1.82) is 0 Å². The maximum atomic E-state index is 9.27. The van der Waals surface area contributed by atoms with Crippen LogP contribution in [0.1, 0.15) is 12.5 Å². The Hall–Kier alpha value is -0.810. The van der Waals surface area contributed by atoms with E-state index >= 15 is 0 Å². The van der Waals surface area contributed by atoms with Gasteiger partial charge in [0.05, 0.1) is 17.7 Å². The highest BCUT2D eigenvalue weighted by Gasteiger charge is 2.03. The fourth-order valence-corrected chi connectivity index (χ4v) is 1.65. The number of aliphatic hydroxyl groups is 1. The molecule has 1 aromatic carbocycles. The summed E-state index contributed by atoms with van der Waals surface area (Å²) in [5.74, 6) is 0.694. The predicted octanol–water partition coefficient (Wildman–Crippen LogP) is 1.15. The minimum Gasteiger partial charge on any atom is -0.492 e. The molecule has 5 heteroatoms. The molecule has 1 atom stereocenters. The van der Waals surface area contributed by atoms with Crippen LogP contribution >= 0.6 is 11.6 Å². The lowest BCUT2D eigenvalue weighted by Gasteiger charge is -2.11. The van der Waals surface area contributed by atoms with Crippen LogP contribution in [0.2, 0.25) is 5.02 Å². The number of rotatable bonds is 7. The zero-order valence-electron chi connectivity index (χ0n) is 9.95. The third kappa shape index (κ3) is 4.91. The van der Waals surface area contributed by atoms with Gasteiger partial charge in [-0.2, -0.15) is 0 Å². The summed E-state index contributed by atoms with van der Waals surface area (Å²) in [7, 11) is 0. The Bertz CT molecular complexity index is 347. The summed E-state index contributed by atoms with van der Waals surface area (Å²) in [5, 5.41) is 13.0. The third-order valence-corrected chi connectivity index (χ3v) is 2.57. The molecular formula is C12H19ClN2O2. The van der Waals surface area contributed by atoms with Crippen LogP contribution in [0.3, 0.4) is 0 Å². The molecule has 96 valence electrons. The Morgan fingerprint density at radius 1 is 1.53 bits per heavy atom. The van der Waals surface area contributed by atoms with E-state index in [4.69, 9.17) is 22.1 Å². The lowest BCUT2D eigenvalue weighted by Crippen LogP contribution is -2.32. The van der Waals surface area contributed by atoms with Crippen molar-refractivity contribution >= 4 is 11.6 Å². The van der Waals surface area contributed by atoms with E-state index in [1.807, 2.05) is 25.1 Å². The van der Waals surface area contributed by atoms with Crippen molar-refractivity contribution in [3.63, 3.8) is 0 Å². The standard InChI is InChI=1S/C12H19ClN2O2/c1-2-17-12-4-3-9(5-11(12)13)7-15-8-10(16)6-14/h3-5,10,15-16H,2,6-8,14H2,1H3. The summed E-state index contributed by atoms with van der Waals surface area (Å²) in [6.07, 6.45) is -0.506. The number of aliphatic hydroxyl groups excluding tert-OH is 1. The van der Waals surface area contributed by atoms with Gasteiger partial charge in [-0.1, -0.05) is 17.7 Å². The van der Waals surface area contributed by atoms with Gasteiger partial charge in [-0.3, -0.25) is 0 Å². The molecule has 0 saturated heterocycles. The van der Waals surface area contributed by atoms with Crippen molar-refractivity contribution in [2.75, 3.05) is 19.7 Å². The van der Waals surface area contributed by atoms with Crippen LogP contribution in [-0.4, -0.2) is 30.9 Å². The van der Waals surface area contributed by atoms with Gasteiger partial charge in [0, 0.05) is 19.6 Å². The van der Waals surface area contributed by atoms with Gasteiger partial charge in [-0.05, 0) is 24.6 Å². The van der Waals surface area contributed by atoms with Gasteiger partial charge in [-0.25, -0.2) is 0 Å². The minimum absolute atomic E-state index is 0.261. The Balaban J connectivity index is 2.47. The molecule has 1 unspecified atom stereocenters.